The number of allylic oxidation sites excluding steroid dienone is 6. The Hall–Kier alpha value is -1.28. The molecule has 1 unspecified atom stereocenters. The molecule has 0 rings (SSSR count). The maximum Gasteiger partial charge on any atom is 0.472 e. The van der Waals surface area contributed by atoms with Gasteiger partial charge in [-0.25, -0.2) is 4.57 Å². The molecule has 0 fully saturated rings. The molecular formula is C43H82NO7P. The lowest BCUT2D eigenvalue weighted by Gasteiger charge is -2.20. The van der Waals surface area contributed by atoms with Crippen LogP contribution in [0.15, 0.2) is 36.5 Å². The van der Waals surface area contributed by atoms with Gasteiger partial charge in [0.1, 0.15) is 6.10 Å². The predicted octanol–water partition coefficient (Wildman–Crippen LogP) is 12.6. The number of nitrogens with two attached hydrogens (primary N) is 1. The predicted molar refractivity (Wildman–Crippen MR) is 220 cm³/mol. The summed E-state index contributed by atoms with van der Waals surface area (Å²) in [7, 11) is -4.28. The van der Waals surface area contributed by atoms with Gasteiger partial charge < -0.3 is 20.1 Å². The van der Waals surface area contributed by atoms with E-state index in [0.29, 0.717) is 13.0 Å². The summed E-state index contributed by atoms with van der Waals surface area (Å²) in [5.41, 5.74) is 5.36. The first-order valence-electron chi connectivity index (χ1n) is 21.5. The van der Waals surface area contributed by atoms with Crippen LogP contribution >= 0.6 is 7.82 Å². The molecule has 52 heavy (non-hydrogen) atoms. The molecule has 8 nitrogen and oxygen atoms in total. The lowest BCUT2D eigenvalue weighted by molar-refractivity contribution is -0.154. The molecule has 0 aromatic carbocycles. The largest absolute Gasteiger partial charge is 0.472 e. The molecule has 0 radical (unpaired) electrons. The summed E-state index contributed by atoms with van der Waals surface area (Å²) >= 11 is 0. The fourth-order valence-corrected chi connectivity index (χ4v) is 6.65. The van der Waals surface area contributed by atoms with Gasteiger partial charge in [0.2, 0.25) is 0 Å². The van der Waals surface area contributed by atoms with E-state index in [2.05, 4.69) is 50.3 Å². The molecule has 0 bridgehead atoms. The van der Waals surface area contributed by atoms with Crippen molar-refractivity contribution in [2.24, 2.45) is 5.73 Å². The highest BCUT2D eigenvalue weighted by atomic mass is 31.2. The minimum Gasteiger partial charge on any atom is -0.457 e. The second-order valence-corrected chi connectivity index (χ2v) is 15.7. The third-order valence-electron chi connectivity index (χ3n) is 9.06. The van der Waals surface area contributed by atoms with Gasteiger partial charge in [-0.3, -0.25) is 13.8 Å². The van der Waals surface area contributed by atoms with Gasteiger partial charge in [-0.2, -0.15) is 0 Å². The van der Waals surface area contributed by atoms with Crippen molar-refractivity contribution in [2.75, 3.05) is 33.0 Å². The van der Waals surface area contributed by atoms with Crippen molar-refractivity contribution < 1.29 is 32.8 Å². The lowest BCUT2D eigenvalue weighted by Crippen LogP contribution is -2.28. The summed E-state index contributed by atoms with van der Waals surface area (Å²) in [4.78, 5) is 22.5. The first-order chi connectivity index (χ1) is 25.4. The Bertz CT molecular complexity index is 895. The molecule has 0 aliphatic carbocycles. The van der Waals surface area contributed by atoms with Crippen LogP contribution in [-0.2, 0) is 27.9 Å². The highest BCUT2D eigenvalue weighted by Crippen LogP contribution is 2.43. The Morgan fingerprint density at radius 3 is 1.56 bits per heavy atom. The van der Waals surface area contributed by atoms with Crippen LogP contribution in [0.4, 0.5) is 0 Å². The Labute approximate surface area is 320 Å². The van der Waals surface area contributed by atoms with Gasteiger partial charge in [-0.05, 0) is 51.4 Å². The number of phosphoric ester groups is 1. The molecule has 0 aromatic rings. The second kappa shape index (κ2) is 40.9. The van der Waals surface area contributed by atoms with E-state index in [-0.39, 0.29) is 32.3 Å². The topological polar surface area (TPSA) is 117 Å². The fraction of sp³-hybridized carbons (Fsp3) is 0.837. The average Bonchev–Trinajstić information content (AvgIpc) is 3.13. The Morgan fingerprint density at radius 2 is 1.02 bits per heavy atom. The van der Waals surface area contributed by atoms with Crippen molar-refractivity contribution in [3.63, 3.8) is 0 Å². The molecule has 0 spiro atoms. The van der Waals surface area contributed by atoms with E-state index < -0.39 is 13.9 Å². The maximum absolute atomic E-state index is 12.6. The standard InChI is InChI=1S/C43H82NO7P/c1-3-5-7-9-11-13-15-17-19-21-22-24-26-28-30-32-34-36-43(45)51-42(41-50-52(46,47)49-39-37-44)40-48-38-35-33-31-29-27-25-23-20-18-16-14-12-10-8-6-4-2/h11,13,17,19,22,24,42H,3-10,12,14-16,18,20-21,23,25-41,44H2,1-2H3,(H,46,47)/b13-11-,19-17-,24-22-/t42-/m1/s1. The Morgan fingerprint density at radius 1 is 0.577 bits per heavy atom. The molecule has 0 amide bonds. The molecule has 0 aliphatic heterocycles. The van der Waals surface area contributed by atoms with Gasteiger partial charge in [-0.1, -0.05) is 172 Å². The molecule has 0 aliphatic rings. The van der Waals surface area contributed by atoms with E-state index in [0.717, 1.165) is 57.8 Å². The molecule has 0 heterocycles. The molecule has 3 N–H and O–H groups in total. The van der Waals surface area contributed by atoms with Gasteiger partial charge in [0.05, 0.1) is 19.8 Å². The number of hydrogen-bond donors (Lipinski definition) is 2. The van der Waals surface area contributed by atoms with E-state index in [1.807, 2.05) is 0 Å². The summed E-state index contributed by atoms with van der Waals surface area (Å²) < 4.78 is 33.4. The van der Waals surface area contributed by atoms with Crippen molar-refractivity contribution in [2.45, 2.75) is 200 Å². The number of carbonyl (C=O) groups is 1. The van der Waals surface area contributed by atoms with E-state index in [4.69, 9.17) is 24.3 Å². The van der Waals surface area contributed by atoms with E-state index >= 15 is 0 Å². The molecule has 2 atom stereocenters. The first-order valence-corrected chi connectivity index (χ1v) is 23.0. The van der Waals surface area contributed by atoms with E-state index in [9.17, 15) is 14.3 Å². The van der Waals surface area contributed by atoms with Crippen LogP contribution in [0.25, 0.3) is 0 Å². The molecule has 0 aromatic heterocycles. The summed E-state index contributed by atoms with van der Waals surface area (Å²) in [6.07, 6.45) is 45.8. The van der Waals surface area contributed by atoms with Crippen LogP contribution in [0.1, 0.15) is 194 Å². The third kappa shape index (κ3) is 39.9. The SMILES string of the molecule is CCCCC/C=C\C/C=C\C/C=C\CCCCCCC(=O)O[C@H](COCCCCCCCCCCCCCCCCCC)COP(=O)(O)OCCN. The maximum atomic E-state index is 12.6. The summed E-state index contributed by atoms with van der Waals surface area (Å²) in [6, 6.07) is 0. The third-order valence-corrected chi connectivity index (χ3v) is 10.0. The Balaban J connectivity index is 4.07. The number of unbranched alkanes of at least 4 members (excludes halogenated alkanes) is 22. The van der Waals surface area contributed by atoms with Crippen LogP contribution < -0.4 is 5.73 Å². The molecule has 0 saturated carbocycles. The fourth-order valence-electron chi connectivity index (χ4n) is 5.89. The second-order valence-electron chi connectivity index (χ2n) is 14.2. The zero-order valence-electron chi connectivity index (χ0n) is 33.8. The molecule has 0 saturated heterocycles. The van der Waals surface area contributed by atoms with Crippen LogP contribution in [0.5, 0.6) is 0 Å². The van der Waals surface area contributed by atoms with Gasteiger partial charge in [0.15, 0.2) is 0 Å². The number of phosphoric acid groups is 1. The zero-order valence-corrected chi connectivity index (χ0v) is 34.7. The van der Waals surface area contributed by atoms with Crippen LogP contribution in [0.3, 0.4) is 0 Å². The average molecular weight is 756 g/mol. The number of carbonyl (C=O) groups excluding carboxylic acids is 1. The van der Waals surface area contributed by atoms with Crippen molar-refractivity contribution in [1.29, 1.82) is 0 Å². The summed E-state index contributed by atoms with van der Waals surface area (Å²) in [5.74, 6) is -0.349. The van der Waals surface area contributed by atoms with Crippen LogP contribution in [0, 0.1) is 0 Å². The smallest absolute Gasteiger partial charge is 0.457 e. The highest BCUT2D eigenvalue weighted by molar-refractivity contribution is 7.47. The quantitative estimate of drug-likeness (QED) is 0.0274. The van der Waals surface area contributed by atoms with Gasteiger partial charge in [-0.15, -0.1) is 0 Å². The first kappa shape index (κ1) is 50.7. The van der Waals surface area contributed by atoms with Crippen molar-refractivity contribution in [3.05, 3.63) is 36.5 Å². The van der Waals surface area contributed by atoms with Crippen molar-refractivity contribution in [1.82, 2.24) is 0 Å². The van der Waals surface area contributed by atoms with Crippen LogP contribution in [-0.4, -0.2) is 49.9 Å². The number of esters is 1. The molecular weight excluding hydrogens is 673 g/mol. The number of hydrogen-bond acceptors (Lipinski definition) is 7. The summed E-state index contributed by atoms with van der Waals surface area (Å²) in [6.45, 7) is 4.88. The Kier molecular flexibility index (Phi) is 39.9. The number of ether oxygens (including phenoxy) is 2. The van der Waals surface area contributed by atoms with Gasteiger partial charge in [0.25, 0.3) is 0 Å². The minimum absolute atomic E-state index is 0.0970. The monoisotopic (exact) mass is 756 g/mol. The van der Waals surface area contributed by atoms with Crippen molar-refractivity contribution in [3.8, 4) is 0 Å². The van der Waals surface area contributed by atoms with Gasteiger partial charge >= 0.3 is 13.8 Å². The van der Waals surface area contributed by atoms with E-state index in [1.165, 1.54) is 116 Å². The lowest BCUT2D eigenvalue weighted by atomic mass is 10.0. The molecule has 306 valence electrons. The van der Waals surface area contributed by atoms with Gasteiger partial charge in [0, 0.05) is 19.6 Å². The minimum atomic E-state index is -4.28. The number of rotatable bonds is 41. The van der Waals surface area contributed by atoms with Crippen molar-refractivity contribution >= 4 is 13.8 Å². The zero-order chi connectivity index (χ0) is 38.1. The van der Waals surface area contributed by atoms with E-state index in [1.54, 1.807) is 0 Å². The summed E-state index contributed by atoms with van der Waals surface area (Å²) in [5, 5.41) is 0. The highest BCUT2D eigenvalue weighted by Gasteiger charge is 2.25. The van der Waals surface area contributed by atoms with Crippen LogP contribution in [0.2, 0.25) is 0 Å². The normalized spacial score (nSPS) is 13.8. The molecule has 9 heteroatoms.